The topological polar surface area (TPSA) is 19.6 Å². The van der Waals surface area contributed by atoms with Gasteiger partial charge in [0.25, 0.3) is 0 Å². The Morgan fingerprint density at radius 1 is 0.359 bits per heavy atom. The van der Waals surface area contributed by atoms with E-state index in [1.54, 1.807) is 0 Å². The molecule has 0 unspecified atom stereocenters. The Bertz CT molecular complexity index is 3380. The van der Waals surface area contributed by atoms with Crippen molar-refractivity contribution in [3.63, 3.8) is 0 Å². The molecule has 64 heavy (non-hydrogen) atoms. The minimum atomic E-state index is -2.86. The second kappa shape index (κ2) is 15.6. The lowest BCUT2D eigenvalue weighted by Crippen LogP contribution is -2.77. The Balaban J connectivity index is 1.03. The molecule has 1 aromatic heterocycles. The van der Waals surface area contributed by atoms with Crippen LogP contribution in [0, 0.1) is 0 Å². The van der Waals surface area contributed by atoms with Crippen LogP contribution < -0.4 is 30.5 Å². The fraction of sp³-hybridized carbons (Fsp3) is 0. The molecule has 0 spiro atoms. The molecule has 0 aliphatic carbocycles. The van der Waals surface area contributed by atoms with Crippen molar-refractivity contribution in [3.05, 3.63) is 255 Å². The molecular formula is C60H42N2OSi. The van der Waals surface area contributed by atoms with Gasteiger partial charge in [0, 0.05) is 39.2 Å². The summed E-state index contributed by atoms with van der Waals surface area (Å²) in [6, 6.07) is 92.8. The first kappa shape index (κ1) is 37.6. The van der Waals surface area contributed by atoms with Crippen LogP contribution >= 0.6 is 0 Å². The van der Waals surface area contributed by atoms with Gasteiger partial charge in [-0.25, -0.2) is 0 Å². The number of hydrogen-bond donors (Lipinski definition) is 0. The number of rotatable bonds is 8. The zero-order chi connectivity index (χ0) is 42.5. The average Bonchev–Trinajstić information content (AvgIpc) is 3.77. The Morgan fingerprint density at radius 2 is 0.859 bits per heavy atom. The number of benzene rings is 10. The van der Waals surface area contributed by atoms with Gasteiger partial charge < -0.3 is 14.2 Å². The van der Waals surface area contributed by atoms with Gasteiger partial charge in [-0.15, -0.1) is 0 Å². The SMILES string of the molecule is c1ccc(-c2ccc(N(c3ccc(-c4ccc5c(c4)[Si](c4ccccc4)(c4ccccc4)c4ccccc4N5c4ccccc4)cc3)c3cccc4c3oc3ccccc34)cc2)cc1. The third-order valence-electron chi connectivity index (χ3n) is 12.9. The van der Waals surface area contributed by atoms with Crippen molar-refractivity contribution < 1.29 is 4.42 Å². The highest BCUT2D eigenvalue weighted by atomic mass is 28.3. The van der Waals surface area contributed by atoms with Crippen molar-refractivity contribution in [2.24, 2.45) is 0 Å². The maximum Gasteiger partial charge on any atom is 0.184 e. The van der Waals surface area contributed by atoms with E-state index in [-0.39, 0.29) is 0 Å². The molecule has 0 saturated carbocycles. The monoisotopic (exact) mass is 834 g/mol. The van der Waals surface area contributed by atoms with E-state index < -0.39 is 8.07 Å². The highest BCUT2D eigenvalue weighted by Gasteiger charge is 2.49. The van der Waals surface area contributed by atoms with Crippen LogP contribution in [-0.2, 0) is 0 Å². The predicted molar refractivity (Wildman–Crippen MR) is 271 cm³/mol. The summed E-state index contributed by atoms with van der Waals surface area (Å²) >= 11 is 0. The van der Waals surface area contributed by atoms with Gasteiger partial charge in [0.15, 0.2) is 13.7 Å². The summed E-state index contributed by atoms with van der Waals surface area (Å²) in [7, 11) is -2.86. The van der Waals surface area contributed by atoms with Gasteiger partial charge in [0.05, 0.1) is 5.69 Å². The van der Waals surface area contributed by atoms with Gasteiger partial charge in [-0.05, 0) is 104 Å². The normalized spacial score (nSPS) is 12.8. The Hall–Kier alpha value is -8.18. The van der Waals surface area contributed by atoms with Crippen LogP contribution in [-0.4, -0.2) is 8.07 Å². The molecule has 11 aromatic rings. The molecule has 0 N–H and O–H groups in total. The fourth-order valence-corrected chi connectivity index (χ4v) is 15.2. The number of fused-ring (bicyclic) bond motifs is 5. The summed E-state index contributed by atoms with van der Waals surface area (Å²) in [4.78, 5) is 4.79. The number of para-hydroxylation sites is 4. The molecule has 0 saturated heterocycles. The van der Waals surface area contributed by atoms with Crippen molar-refractivity contribution in [1.29, 1.82) is 0 Å². The van der Waals surface area contributed by atoms with Crippen LogP contribution in [0.1, 0.15) is 0 Å². The maximum atomic E-state index is 6.66. The molecule has 1 aliphatic heterocycles. The summed E-state index contributed by atoms with van der Waals surface area (Å²) in [6.07, 6.45) is 0. The van der Waals surface area contributed by atoms with Crippen LogP contribution in [0.15, 0.2) is 259 Å². The lowest BCUT2D eigenvalue weighted by molar-refractivity contribution is 0.669. The molecule has 0 radical (unpaired) electrons. The quantitative estimate of drug-likeness (QED) is 0.142. The predicted octanol–water partition coefficient (Wildman–Crippen LogP) is 13.6. The molecule has 0 fully saturated rings. The zero-order valence-electron chi connectivity index (χ0n) is 35.1. The highest BCUT2D eigenvalue weighted by Crippen LogP contribution is 2.44. The van der Waals surface area contributed by atoms with Crippen molar-refractivity contribution in [2.45, 2.75) is 0 Å². The first-order valence-corrected chi connectivity index (χ1v) is 23.9. The van der Waals surface area contributed by atoms with Gasteiger partial charge in [-0.1, -0.05) is 194 Å². The molecule has 4 heteroatoms. The van der Waals surface area contributed by atoms with E-state index in [1.807, 2.05) is 6.07 Å². The molecule has 0 bridgehead atoms. The van der Waals surface area contributed by atoms with Crippen molar-refractivity contribution in [3.8, 4) is 22.3 Å². The first-order chi connectivity index (χ1) is 31.8. The first-order valence-electron chi connectivity index (χ1n) is 21.9. The molecule has 2 heterocycles. The largest absolute Gasteiger partial charge is 0.454 e. The van der Waals surface area contributed by atoms with Gasteiger partial charge in [0.2, 0.25) is 0 Å². The molecule has 0 atom stereocenters. The second-order valence-corrected chi connectivity index (χ2v) is 20.2. The molecule has 10 aromatic carbocycles. The third kappa shape index (κ3) is 6.10. The van der Waals surface area contributed by atoms with E-state index in [2.05, 4.69) is 259 Å². The van der Waals surface area contributed by atoms with Crippen LogP contribution in [0.5, 0.6) is 0 Å². The summed E-state index contributed by atoms with van der Waals surface area (Å²) in [5.74, 6) is 0. The number of furan rings is 1. The third-order valence-corrected chi connectivity index (χ3v) is 17.8. The number of nitrogens with zero attached hydrogens (tertiary/aromatic N) is 2. The van der Waals surface area contributed by atoms with Gasteiger partial charge in [-0.3, -0.25) is 0 Å². The highest BCUT2D eigenvalue weighted by molar-refractivity contribution is 7.21. The lowest BCUT2D eigenvalue weighted by atomic mass is 10.0. The van der Waals surface area contributed by atoms with E-state index in [0.29, 0.717) is 0 Å². The van der Waals surface area contributed by atoms with Crippen molar-refractivity contribution in [2.75, 3.05) is 9.80 Å². The van der Waals surface area contributed by atoms with Crippen LogP contribution in [0.4, 0.5) is 34.1 Å². The zero-order valence-corrected chi connectivity index (χ0v) is 36.1. The van der Waals surface area contributed by atoms with Crippen LogP contribution in [0.2, 0.25) is 0 Å². The van der Waals surface area contributed by atoms with Gasteiger partial charge >= 0.3 is 0 Å². The number of anilines is 6. The number of hydrogen-bond acceptors (Lipinski definition) is 3. The Kier molecular flexibility index (Phi) is 9.17. The molecule has 0 amide bonds. The van der Waals surface area contributed by atoms with Crippen molar-refractivity contribution in [1.82, 2.24) is 0 Å². The van der Waals surface area contributed by atoms with Crippen LogP contribution in [0.3, 0.4) is 0 Å². The standard InChI is InChI=1S/C60H42N2OSi/c1-5-18-43(19-6-1)44-32-37-48(38-33-44)61(56-29-17-27-53-52-26-13-15-30-57(52)63-60(53)56)49-39-34-45(35-40-49)46-36-41-55-59(42-46)64(50-22-9-3-10-23-50,51-24-11-4-12-25-51)58-31-16-14-28-54(58)62(55)47-20-7-2-8-21-47/h1-42H. The summed E-state index contributed by atoms with van der Waals surface area (Å²) < 4.78 is 6.66. The second-order valence-electron chi connectivity index (χ2n) is 16.4. The minimum Gasteiger partial charge on any atom is -0.454 e. The van der Waals surface area contributed by atoms with Gasteiger partial charge in [-0.2, -0.15) is 0 Å². The van der Waals surface area contributed by atoms with Gasteiger partial charge in [0.1, 0.15) is 5.58 Å². The summed E-state index contributed by atoms with van der Waals surface area (Å²) in [5, 5.41) is 7.68. The molecule has 302 valence electrons. The molecule has 1 aliphatic rings. The molecule has 3 nitrogen and oxygen atoms in total. The van der Waals surface area contributed by atoms with E-state index >= 15 is 0 Å². The molecule has 12 rings (SSSR count). The van der Waals surface area contributed by atoms with E-state index in [9.17, 15) is 0 Å². The maximum absolute atomic E-state index is 6.66. The van der Waals surface area contributed by atoms with E-state index in [4.69, 9.17) is 4.42 Å². The average molecular weight is 835 g/mol. The Morgan fingerprint density at radius 3 is 1.53 bits per heavy atom. The lowest BCUT2D eigenvalue weighted by Gasteiger charge is -2.45. The smallest absolute Gasteiger partial charge is 0.184 e. The van der Waals surface area contributed by atoms with Crippen molar-refractivity contribution >= 4 is 84.9 Å². The van der Waals surface area contributed by atoms with Crippen LogP contribution in [0.25, 0.3) is 44.2 Å². The minimum absolute atomic E-state index is 0.862. The summed E-state index contributed by atoms with van der Waals surface area (Å²) in [5.41, 5.74) is 13.1. The van der Waals surface area contributed by atoms with E-state index in [1.165, 1.54) is 48.8 Å². The fourth-order valence-electron chi connectivity index (χ4n) is 10.1. The van der Waals surface area contributed by atoms with E-state index in [0.717, 1.165) is 50.3 Å². The summed E-state index contributed by atoms with van der Waals surface area (Å²) in [6.45, 7) is 0. The molecular weight excluding hydrogens is 793 g/mol. The Labute approximate surface area is 374 Å².